The van der Waals surface area contributed by atoms with Gasteiger partial charge in [0.25, 0.3) is 0 Å². The summed E-state index contributed by atoms with van der Waals surface area (Å²) >= 11 is 3.34. The largest absolute Gasteiger partial charge is 0.396 e. The summed E-state index contributed by atoms with van der Waals surface area (Å²) < 4.78 is 24.3. The third-order valence-corrected chi connectivity index (χ3v) is 4.45. The lowest BCUT2D eigenvalue weighted by Crippen LogP contribution is -2.11. The average molecular weight is 307 g/mol. The number of aliphatic hydroxyl groups is 1. The molecule has 1 rings (SSSR count). The molecule has 0 heterocycles. The van der Waals surface area contributed by atoms with Gasteiger partial charge in [-0.1, -0.05) is 22.0 Å². The highest BCUT2D eigenvalue weighted by Crippen LogP contribution is 2.18. The van der Waals surface area contributed by atoms with Crippen molar-refractivity contribution in [3.63, 3.8) is 0 Å². The van der Waals surface area contributed by atoms with Crippen molar-refractivity contribution in [3.8, 4) is 0 Å². The zero-order valence-corrected chi connectivity index (χ0v) is 11.5. The van der Waals surface area contributed by atoms with Crippen molar-refractivity contribution in [2.75, 3.05) is 12.4 Å². The molecular weight excluding hydrogens is 292 g/mol. The molecule has 0 aliphatic carbocycles. The number of rotatable bonds is 5. The van der Waals surface area contributed by atoms with Crippen molar-refractivity contribution in [1.29, 1.82) is 0 Å². The van der Waals surface area contributed by atoms with Crippen LogP contribution >= 0.6 is 15.9 Å². The zero-order chi connectivity index (χ0) is 12.2. The first-order chi connectivity index (χ1) is 7.44. The minimum absolute atomic E-state index is 0.0407. The smallest absolute Gasteiger partial charge is 0.154 e. The molecule has 90 valence electrons. The molecule has 0 aliphatic heterocycles. The number of hydrogen-bond acceptors (Lipinski definition) is 3. The van der Waals surface area contributed by atoms with Crippen LogP contribution in [0, 0.1) is 6.92 Å². The number of hydrogen-bond donors (Lipinski definition) is 1. The molecule has 0 atom stereocenters. The van der Waals surface area contributed by atoms with Gasteiger partial charge in [-0.15, -0.1) is 0 Å². The molecule has 0 aromatic heterocycles. The predicted molar refractivity (Wildman–Crippen MR) is 68.1 cm³/mol. The fourth-order valence-electron chi connectivity index (χ4n) is 1.41. The Morgan fingerprint density at radius 2 is 2.06 bits per heavy atom. The number of aliphatic hydroxyl groups excluding tert-OH is 1. The first kappa shape index (κ1) is 13.7. The Morgan fingerprint density at radius 1 is 1.38 bits per heavy atom. The van der Waals surface area contributed by atoms with Crippen molar-refractivity contribution in [3.05, 3.63) is 33.8 Å². The molecule has 0 saturated heterocycles. The monoisotopic (exact) mass is 306 g/mol. The van der Waals surface area contributed by atoms with Crippen LogP contribution < -0.4 is 0 Å². The van der Waals surface area contributed by atoms with E-state index in [0.29, 0.717) is 6.42 Å². The van der Waals surface area contributed by atoms with E-state index in [1.54, 1.807) is 0 Å². The van der Waals surface area contributed by atoms with E-state index in [4.69, 9.17) is 5.11 Å². The van der Waals surface area contributed by atoms with E-state index in [-0.39, 0.29) is 18.1 Å². The Kier molecular flexibility index (Phi) is 4.95. The molecule has 3 nitrogen and oxygen atoms in total. The first-order valence-electron chi connectivity index (χ1n) is 5.01. The van der Waals surface area contributed by atoms with Gasteiger partial charge in [0.1, 0.15) is 0 Å². The SMILES string of the molecule is Cc1cc(Br)ccc1CS(=O)(=O)CCCO. The summed E-state index contributed by atoms with van der Waals surface area (Å²) in [4.78, 5) is 0. The summed E-state index contributed by atoms with van der Waals surface area (Å²) in [6.45, 7) is 1.81. The van der Waals surface area contributed by atoms with Gasteiger partial charge in [0.15, 0.2) is 9.84 Å². The summed E-state index contributed by atoms with van der Waals surface area (Å²) in [6, 6.07) is 5.55. The zero-order valence-electron chi connectivity index (χ0n) is 9.11. The van der Waals surface area contributed by atoms with Gasteiger partial charge in [-0.05, 0) is 36.6 Å². The Balaban J connectivity index is 2.80. The van der Waals surface area contributed by atoms with Gasteiger partial charge in [0.2, 0.25) is 0 Å². The van der Waals surface area contributed by atoms with E-state index in [9.17, 15) is 8.42 Å². The third kappa shape index (κ3) is 4.23. The van der Waals surface area contributed by atoms with Crippen LogP contribution in [0.3, 0.4) is 0 Å². The molecular formula is C11H15BrO3S. The van der Waals surface area contributed by atoms with Crippen LogP contribution in [0.1, 0.15) is 17.5 Å². The van der Waals surface area contributed by atoms with Crippen LogP contribution in [0.4, 0.5) is 0 Å². The summed E-state index contributed by atoms with van der Waals surface area (Å²) in [6.07, 6.45) is 0.303. The minimum atomic E-state index is -3.11. The molecule has 1 aromatic carbocycles. The standard InChI is InChI=1S/C11H15BrO3S/c1-9-7-11(12)4-3-10(9)8-16(14,15)6-2-5-13/h3-4,7,13H,2,5-6,8H2,1H3. The molecule has 1 N–H and O–H groups in total. The molecule has 0 bridgehead atoms. The summed E-state index contributed by atoms with van der Waals surface area (Å²) in [5, 5.41) is 8.62. The Hall–Kier alpha value is -0.390. The van der Waals surface area contributed by atoms with Crippen LogP contribution in [0.5, 0.6) is 0 Å². The van der Waals surface area contributed by atoms with Gasteiger partial charge in [-0.2, -0.15) is 0 Å². The van der Waals surface area contributed by atoms with E-state index in [1.807, 2.05) is 25.1 Å². The molecule has 0 unspecified atom stereocenters. The van der Waals surface area contributed by atoms with Crippen molar-refractivity contribution >= 4 is 25.8 Å². The van der Waals surface area contributed by atoms with Crippen LogP contribution in [-0.2, 0) is 15.6 Å². The maximum atomic E-state index is 11.7. The molecule has 0 amide bonds. The molecule has 0 spiro atoms. The van der Waals surface area contributed by atoms with Crippen molar-refractivity contribution in [2.45, 2.75) is 19.1 Å². The second-order valence-corrected chi connectivity index (χ2v) is 6.84. The quantitative estimate of drug-likeness (QED) is 0.906. The lowest BCUT2D eigenvalue weighted by Gasteiger charge is -2.07. The molecule has 0 saturated carbocycles. The van der Waals surface area contributed by atoms with Crippen LogP contribution in [0.25, 0.3) is 0 Å². The fourth-order valence-corrected chi connectivity index (χ4v) is 3.40. The fraction of sp³-hybridized carbons (Fsp3) is 0.455. The molecule has 16 heavy (non-hydrogen) atoms. The molecule has 0 radical (unpaired) electrons. The van der Waals surface area contributed by atoms with Gasteiger partial charge in [-0.25, -0.2) is 8.42 Å². The van der Waals surface area contributed by atoms with E-state index in [2.05, 4.69) is 15.9 Å². The number of aryl methyl sites for hydroxylation is 1. The predicted octanol–water partition coefficient (Wildman–Crippen LogP) is 2.05. The molecule has 0 aliphatic rings. The summed E-state index contributed by atoms with van der Waals surface area (Å²) in [5.41, 5.74) is 1.78. The lowest BCUT2D eigenvalue weighted by atomic mass is 10.1. The van der Waals surface area contributed by atoms with Gasteiger partial charge in [-0.3, -0.25) is 0 Å². The van der Waals surface area contributed by atoms with Crippen LogP contribution in [-0.4, -0.2) is 25.9 Å². The molecule has 1 aromatic rings. The highest BCUT2D eigenvalue weighted by atomic mass is 79.9. The van der Waals surface area contributed by atoms with Gasteiger partial charge < -0.3 is 5.11 Å². The van der Waals surface area contributed by atoms with Gasteiger partial charge in [0.05, 0.1) is 11.5 Å². The maximum absolute atomic E-state index is 11.7. The lowest BCUT2D eigenvalue weighted by molar-refractivity contribution is 0.295. The highest BCUT2D eigenvalue weighted by molar-refractivity contribution is 9.10. The second kappa shape index (κ2) is 5.80. The second-order valence-electron chi connectivity index (χ2n) is 3.74. The van der Waals surface area contributed by atoms with Crippen molar-refractivity contribution < 1.29 is 13.5 Å². The average Bonchev–Trinajstić information content (AvgIpc) is 2.19. The van der Waals surface area contributed by atoms with E-state index in [1.165, 1.54) is 0 Å². The van der Waals surface area contributed by atoms with E-state index in [0.717, 1.165) is 15.6 Å². The van der Waals surface area contributed by atoms with E-state index < -0.39 is 9.84 Å². The first-order valence-corrected chi connectivity index (χ1v) is 7.62. The van der Waals surface area contributed by atoms with Crippen molar-refractivity contribution in [1.82, 2.24) is 0 Å². The summed E-state index contributed by atoms with van der Waals surface area (Å²) in [5.74, 6) is 0.0884. The van der Waals surface area contributed by atoms with Gasteiger partial charge in [0, 0.05) is 11.1 Å². The molecule has 0 fully saturated rings. The number of halogens is 1. The number of sulfone groups is 1. The highest BCUT2D eigenvalue weighted by Gasteiger charge is 2.12. The minimum Gasteiger partial charge on any atom is -0.396 e. The Labute approximate surface area is 105 Å². The maximum Gasteiger partial charge on any atom is 0.154 e. The third-order valence-electron chi connectivity index (χ3n) is 2.29. The van der Waals surface area contributed by atoms with Crippen molar-refractivity contribution in [2.24, 2.45) is 0 Å². The normalized spacial score (nSPS) is 11.7. The van der Waals surface area contributed by atoms with Crippen LogP contribution in [0.15, 0.2) is 22.7 Å². The summed E-state index contributed by atoms with van der Waals surface area (Å²) in [7, 11) is -3.11. The van der Waals surface area contributed by atoms with E-state index >= 15 is 0 Å². The number of benzene rings is 1. The molecule has 5 heteroatoms. The Morgan fingerprint density at radius 3 is 2.62 bits per heavy atom. The Bertz CT molecular complexity index is 454. The van der Waals surface area contributed by atoms with Gasteiger partial charge >= 0.3 is 0 Å². The topological polar surface area (TPSA) is 54.4 Å². The van der Waals surface area contributed by atoms with Crippen LogP contribution in [0.2, 0.25) is 0 Å².